The minimum Gasteiger partial charge on any atom is -0.332 e. The van der Waals surface area contributed by atoms with Crippen molar-refractivity contribution in [1.29, 1.82) is 0 Å². The quantitative estimate of drug-likeness (QED) is 0.577. The highest BCUT2D eigenvalue weighted by atomic mass is 35.5. The number of aryl methyl sites for hydroxylation is 1. The smallest absolute Gasteiger partial charge is 0.316 e. The molecular weight excluding hydrogens is 217 g/mol. The third-order valence-corrected chi connectivity index (χ3v) is 2.55. The van der Waals surface area contributed by atoms with Gasteiger partial charge in [-0.05, 0) is 42.1 Å². The van der Waals surface area contributed by atoms with Gasteiger partial charge in [0.2, 0.25) is 0 Å². The number of rotatable bonds is 3. The molecule has 0 aliphatic heterocycles. The molecule has 4 heteroatoms. The summed E-state index contributed by atoms with van der Waals surface area (Å²) in [6.45, 7) is 2.25. The van der Waals surface area contributed by atoms with E-state index in [2.05, 4.69) is 0 Å². The lowest BCUT2D eigenvalue weighted by Crippen LogP contribution is -2.23. The molecule has 0 N–H and O–H groups in total. The first kappa shape index (κ1) is 12.0. The van der Waals surface area contributed by atoms with Crippen LogP contribution in [0.1, 0.15) is 11.1 Å². The highest BCUT2D eigenvalue weighted by Crippen LogP contribution is 2.10. The molecular formula is C11H13ClFNO. The van der Waals surface area contributed by atoms with Gasteiger partial charge in [-0.15, -0.1) is 0 Å². The molecule has 0 unspecified atom stereocenters. The highest BCUT2D eigenvalue weighted by Gasteiger charge is 2.05. The molecule has 0 aliphatic carbocycles. The van der Waals surface area contributed by atoms with E-state index < -0.39 is 5.37 Å². The van der Waals surface area contributed by atoms with Crippen LogP contribution in [0, 0.1) is 12.7 Å². The van der Waals surface area contributed by atoms with E-state index in [0.29, 0.717) is 18.5 Å². The lowest BCUT2D eigenvalue weighted by molar-refractivity contribution is 0.232. The van der Waals surface area contributed by atoms with Crippen LogP contribution in [-0.4, -0.2) is 23.9 Å². The van der Waals surface area contributed by atoms with Crippen LogP contribution >= 0.6 is 11.6 Å². The Balaban J connectivity index is 2.58. The van der Waals surface area contributed by atoms with Gasteiger partial charge in [-0.1, -0.05) is 12.1 Å². The third-order valence-electron chi connectivity index (χ3n) is 2.26. The number of halogens is 2. The molecule has 0 heterocycles. The number of carbonyl (C=O) groups is 1. The summed E-state index contributed by atoms with van der Waals surface area (Å²) in [5.74, 6) is -0.208. The van der Waals surface area contributed by atoms with E-state index in [0.717, 1.165) is 5.56 Å². The zero-order chi connectivity index (χ0) is 11.4. The van der Waals surface area contributed by atoms with Gasteiger partial charge in [-0.3, -0.25) is 4.79 Å². The van der Waals surface area contributed by atoms with E-state index in [1.54, 1.807) is 26.1 Å². The van der Waals surface area contributed by atoms with Crippen LogP contribution in [-0.2, 0) is 6.42 Å². The van der Waals surface area contributed by atoms with Gasteiger partial charge in [-0.2, -0.15) is 0 Å². The number of nitrogens with zero attached hydrogens (tertiary/aromatic N) is 1. The molecule has 0 atom stereocenters. The average Bonchev–Trinajstić information content (AvgIpc) is 2.19. The molecule has 0 saturated heterocycles. The van der Waals surface area contributed by atoms with Gasteiger partial charge in [0.1, 0.15) is 5.82 Å². The summed E-state index contributed by atoms with van der Waals surface area (Å²) in [5.41, 5.74) is 1.62. The Morgan fingerprint density at radius 1 is 1.53 bits per heavy atom. The molecule has 0 aliphatic rings. The zero-order valence-electron chi connectivity index (χ0n) is 8.76. The lowest BCUT2D eigenvalue weighted by atomic mass is 10.1. The minimum atomic E-state index is -0.478. The summed E-state index contributed by atoms with van der Waals surface area (Å²) in [6.07, 6.45) is 0.677. The van der Waals surface area contributed by atoms with E-state index in [1.807, 2.05) is 0 Å². The van der Waals surface area contributed by atoms with Crippen molar-refractivity contribution in [3.8, 4) is 0 Å². The zero-order valence-corrected chi connectivity index (χ0v) is 9.51. The van der Waals surface area contributed by atoms with Crippen molar-refractivity contribution in [2.24, 2.45) is 0 Å². The predicted octanol–water partition coefficient (Wildman–Crippen LogP) is 2.97. The fourth-order valence-electron chi connectivity index (χ4n) is 1.25. The molecule has 0 spiro atoms. The van der Waals surface area contributed by atoms with Crippen molar-refractivity contribution in [2.75, 3.05) is 13.6 Å². The molecule has 82 valence electrons. The number of amides is 1. The van der Waals surface area contributed by atoms with E-state index in [1.165, 1.54) is 11.0 Å². The Kier molecular flexibility index (Phi) is 4.09. The summed E-state index contributed by atoms with van der Waals surface area (Å²) in [6, 6.07) is 4.93. The summed E-state index contributed by atoms with van der Waals surface area (Å²) < 4.78 is 12.9. The molecule has 1 aromatic carbocycles. The Hall–Kier alpha value is -1.09. The fourth-order valence-corrected chi connectivity index (χ4v) is 1.33. The van der Waals surface area contributed by atoms with Crippen LogP contribution in [0.4, 0.5) is 9.18 Å². The van der Waals surface area contributed by atoms with E-state index >= 15 is 0 Å². The van der Waals surface area contributed by atoms with Crippen molar-refractivity contribution in [2.45, 2.75) is 13.3 Å². The Morgan fingerprint density at radius 3 is 2.73 bits per heavy atom. The van der Waals surface area contributed by atoms with Crippen LogP contribution in [0.25, 0.3) is 0 Å². The largest absolute Gasteiger partial charge is 0.332 e. The molecule has 0 fully saturated rings. The Morgan fingerprint density at radius 2 is 2.20 bits per heavy atom. The van der Waals surface area contributed by atoms with Gasteiger partial charge in [0, 0.05) is 13.6 Å². The summed E-state index contributed by atoms with van der Waals surface area (Å²) in [5, 5.41) is -0.478. The molecule has 0 radical (unpaired) electrons. The standard InChI is InChI=1S/C11H13ClFNO/c1-8-7-9(3-4-10(8)13)5-6-14(2)11(12)15/h3-4,7H,5-6H2,1-2H3. The molecule has 0 aromatic heterocycles. The van der Waals surface area contributed by atoms with Crippen molar-refractivity contribution < 1.29 is 9.18 Å². The molecule has 1 rings (SSSR count). The Bertz CT molecular complexity index is 368. The van der Waals surface area contributed by atoms with Crippen molar-refractivity contribution in [3.05, 3.63) is 35.1 Å². The second-order valence-corrected chi connectivity index (χ2v) is 3.83. The normalized spacial score (nSPS) is 10.1. The van der Waals surface area contributed by atoms with Gasteiger partial charge < -0.3 is 4.90 Å². The maximum atomic E-state index is 12.9. The Labute approximate surface area is 93.6 Å². The van der Waals surface area contributed by atoms with Crippen molar-refractivity contribution in [1.82, 2.24) is 4.90 Å². The van der Waals surface area contributed by atoms with Crippen molar-refractivity contribution in [3.63, 3.8) is 0 Å². The van der Waals surface area contributed by atoms with Crippen LogP contribution in [0.3, 0.4) is 0 Å². The number of carbonyl (C=O) groups excluding carboxylic acids is 1. The highest BCUT2D eigenvalue weighted by molar-refractivity contribution is 6.62. The van der Waals surface area contributed by atoms with Crippen molar-refractivity contribution >= 4 is 17.0 Å². The van der Waals surface area contributed by atoms with E-state index in [9.17, 15) is 9.18 Å². The second kappa shape index (κ2) is 5.12. The SMILES string of the molecule is Cc1cc(CCN(C)C(=O)Cl)ccc1F. The van der Waals surface area contributed by atoms with Gasteiger partial charge in [0.25, 0.3) is 0 Å². The van der Waals surface area contributed by atoms with Crippen LogP contribution < -0.4 is 0 Å². The number of benzene rings is 1. The minimum absolute atomic E-state index is 0.208. The maximum absolute atomic E-state index is 12.9. The maximum Gasteiger partial charge on any atom is 0.316 e. The van der Waals surface area contributed by atoms with Crippen LogP contribution in [0.5, 0.6) is 0 Å². The van der Waals surface area contributed by atoms with Crippen LogP contribution in [0.2, 0.25) is 0 Å². The molecule has 0 saturated carbocycles. The molecule has 1 aromatic rings. The van der Waals surface area contributed by atoms with Gasteiger partial charge >= 0.3 is 5.37 Å². The van der Waals surface area contributed by atoms with E-state index in [-0.39, 0.29) is 5.82 Å². The summed E-state index contributed by atoms with van der Waals surface area (Å²) in [7, 11) is 1.63. The summed E-state index contributed by atoms with van der Waals surface area (Å²) >= 11 is 5.28. The first-order valence-corrected chi connectivity index (χ1v) is 5.04. The molecule has 1 amide bonds. The lowest BCUT2D eigenvalue weighted by Gasteiger charge is -2.13. The average molecular weight is 230 g/mol. The predicted molar refractivity (Wildman–Crippen MR) is 58.7 cm³/mol. The molecule has 0 bridgehead atoms. The number of hydrogen-bond acceptors (Lipinski definition) is 1. The number of likely N-dealkylation sites (N-methyl/N-ethyl adjacent to an activating group) is 1. The second-order valence-electron chi connectivity index (χ2n) is 3.51. The fraction of sp³-hybridized carbons (Fsp3) is 0.364. The van der Waals surface area contributed by atoms with Gasteiger partial charge in [-0.25, -0.2) is 4.39 Å². The van der Waals surface area contributed by atoms with Gasteiger partial charge in [0.05, 0.1) is 0 Å². The third kappa shape index (κ3) is 3.51. The first-order valence-electron chi connectivity index (χ1n) is 4.66. The monoisotopic (exact) mass is 229 g/mol. The topological polar surface area (TPSA) is 20.3 Å². The molecule has 15 heavy (non-hydrogen) atoms. The number of hydrogen-bond donors (Lipinski definition) is 0. The summed E-state index contributed by atoms with van der Waals surface area (Å²) in [4.78, 5) is 12.1. The van der Waals surface area contributed by atoms with Gasteiger partial charge in [0.15, 0.2) is 0 Å². The first-order chi connectivity index (χ1) is 7.00. The van der Waals surface area contributed by atoms with Crippen LogP contribution in [0.15, 0.2) is 18.2 Å². The van der Waals surface area contributed by atoms with E-state index in [4.69, 9.17) is 11.6 Å². The molecule has 2 nitrogen and oxygen atoms in total.